The van der Waals surface area contributed by atoms with Gasteiger partial charge in [-0.05, 0) is 99.2 Å². The molecule has 0 unspecified atom stereocenters. The number of hydrogen-bond donors (Lipinski definition) is 0. The van der Waals surface area contributed by atoms with Gasteiger partial charge in [-0.2, -0.15) is 30.3 Å². The van der Waals surface area contributed by atoms with Crippen molar-refractivity contribution in [3.8, 4) is 16.9 Å². The Kier molecular flexibility index (Phi) is 13.8. The van der Waals surface area contributed by atoms with Crippen LogP contribution in [0, 0.1) is 19.6 Å². The summed E-state index contributed by atoms with van der Waals surface area (Å²) in [5, 5.41) is 2.30. The van der Waals surface area contributed by atoms with Crippen molar-refractivity contribution in [1.82, 2.24) is 9.55 Å². The number of allylic oxidation sites excluding steroid dienone is 2. The van der Waals surface area contributed by atoms with Gasteiger partial charge in [0.1, 0.15) is 5.82 Å². The summed E-state index contributed by atoms with van der Waals surface area (Å²) in [6.07, 6.45) is 1.95. The van der Waals surface area contributed by atoms with Crippen molar-refractivity contribution in [3.63, 3.8) is 0 Å². The Labute approximate surface area is 438 Å². The van der Waals surface area contributed by atoms with Gasteiger partial charge in [0.15, 0.2) is 0 Å². The van der Waals surface area contributed by atoms with Crippen molar-refractivity contribution in [1.29, 1.82) is 0 Å². The van der Waals surface area contributed by atoms with Gasteiger partial charge in [0.2, 0.25) is 0 Å². The number of rotatable bonds is 8. The fraction of sp³-hybridized carbons (Fsp3) is 0.242. The molecule has 10 rings (SSSR count). The fourth-order valence-corrected chi connectivity index (χ4v) is 10.3. The molecule has 0 bridgehead atoms. The largest absolute Gasteiger partial charge is 0.358 e. The number of hydrogen-bond acceptors (Lipinski definition) is 3. The van der Waals surface area contributed by atoms with E-state index in [0.29, 0.717) is 6.67 Å². The van der Waals surface area contributed by atoms with Gasteiger partial charge in [-0.25, -0.2) is 4.98 Å². The molecule has 0 amide bonds. The zero-order valence-electron chi connectivity index (χ0n) is 43.6. The Morgan fingerprint density at radius 3 is 1.61 bits per heavy atom. The van der Waals surface area contributed by atoms with Crippen LogP contribution in [0.5, 0.6) is 0 Å². The second-order valence-corrected chi connectivity index (χ2v) is 22.1. The van der Waals surface area contributed by atoms with Crippen LogP contribution in [-0.2, 0) is 42.7 Å². The molecule has 1 aliphatic heterocycles. The van der Waals surface area contributed by atoms with Gasteiger partial charge in [0.25, 0.3) is 0 Å². The number of nitrogens with zero attached hydrogens (tertiary/aromatic N) is 4. The van der Waals surface area contributed by atoms with Crippen LogP contribution < -0.4 is 9.80 Å². The van der Waals surface area contributed by atoms with Crippen molar-refractivity contribution < 1.29 is 21.1 Å². The molecule has 0 aliphatic carbocycles. The number of fused-ring (bicyclic) bond motifs is 3. The van der Waals surface area contributed by atoms with Gasteiger partial charge >= 0.3 is 0 Å². The summed E-state index contributed by atoms with van der Waals surface area (Å²) in [6.45, 7) is 25.9. The topological polar surface area (TPSA) is 24.3 Å². The monoisotopic (exact) mass is 1110 g/mol. The maximum Gasteiger partial charge on any atom is 0.135 e. The first-order valence-electron chi connectivity index (χ1n) is 24.5. The summed E-state index contributed by atoms with van der Waals surface area (Å²) >= 11 is 0. The second-order valence-electron chi connectivity index (χ2n) is 22.1. The minimum Gasteiger partial charge on any atom is -0.358 e. The van der Waals surface area contributed by atoms with Crippen LogP contribution in [-0.4, -0.2) is 16.2 Å². The van der Waals surface area contributed by atoms with Crippen LogP contribution in [0.3, 0.4) is 0 Å². The third-order valence-corrected chi connectivity index (χ3v) is 14.5. The van der Waals surface area contributed by atoms with Crippen molar-refractivity contribution in [3.05, 3.63) is 246 Å². The maximum absolute atomic E-state index is 5.06. The first kappa shape index (κ1) is 50.9. The molecule has 3 heterocycles. The van der Waals surface area contributed by atoms with Crippen LogP contribution >= 0.6 is 0 Å². The van der Waals surface area contributed by atoms with Crippen LogP contribution in [0.4, 0.5) is 11.4 Å². The predicted molar refractivity (Wildman–Crippen MR) is 297 cm³/mol. The van der Waals surface area contributed by atoms with Crippen LogP contribution in [0.25, 0.3) is 38.8 Å². The summed E-state index contributed by atoms with van der Waals surface area (Å²) in [6, 6.07) is 70.8. The Hall–Kier alpha value is -6.48. The molecule has 0 fully saturated rings. The Morgan fingerprint density at radius 2 is 1.01 bits per heavy atom. The van der Waals surface area contributed by atoms with E-state index >= 15 is 0 Å². The summed E-state index contributed by atoms with van der Waals surface area (Å²) in [5.41, 5.74) is 16.4. The number of aromatic nitrogens is 2. The van der Waals surface area contributed by atoms with Gasteiger partial charge in [-0.3, -0.25) is 0 Å². The van der Waals surface area contributed by atoms with Crippen LogP contribution in [0.15, 0.2) is 187 Å². The van der Waals surface area contributed by atoms with E-state index in [9.17, 15) is 0 Å². The number of anilines is 2. The summed E-state index contributed by atoms with van der Waals surface area (Å²) in [7, 11) is 0. The maximum atomic E-state index is 5.06. The molecule has 0 radical (unpaired) electrons. The molecule has 0 atom stereocenters. The SMILES string of the molecule is CC1=C(C)N(c2cc(C(C)(C)C)cc(C(C)(C)C)c2)CN1c1[c-]c(C(c2[c-]c3c(cc2)c2ccccc2n3-c2cc(C(C)(C)C)ccn2)(c2ccccc2)c2ccccc2)cc(-c2ccccc2)c1.[CH3-].[Pt]. The zero-order chi connectivity index (χ0) is 48.5. The first-order chi connectivity index (χ1) is 32.9. The fourth-order valence-electron chi connectivity index (χ4n) is 10.3. The van der Waals surface area contributed by atoms with E-state index in [1.54, 1.807) is 0 Å². The molecule has 4 nitrogen and oxygen atoms in total. The molecule has 0 saturated heterocycles. The van der Waals surface area contributed by atoms with E-state index in [1.807, 2.05) is 6.20 Å². The van der Waals surface area contributed by atoms with Gasteiger partial charge in [0.05, 0.1) is 6.67 Å². The minimum absolute atomic E-state index is 0. The van der Waals surface area contributed by atoms with Gasteiger partial charge in [-0.15, -0.1) is 28.1 Å². The molecule has 0 saturated carbocycles. The van der Waals surface area contributed by atoms with E-state index in [0.717, 1.165) is 61.3 Å². The molecule has 0 N–H and O–H groups in total. The number of para-hydroxylation sites is 1. The summed E-state index contributed by atoms with van der Waals surface area (Å²) < 4.78 is 2.31. The summed E-state index contributed by atoms with van der Waals surface area (Å²) in [5.74, 6) is 0.880. The van der Waals surface area contributed by atoms with Gasteiger partial charge in [0, 0.05) is 55.3 Å². The minimum atomic E-state index is -0.854. The molecule has 71 heavy (non-hydrogen) atoms. The van der Waals surface area contributed by atoms with Crippen molar-refractivity contribution in [2.24, 2.45) is 0 Å². The standard InChI is InChI=1S/C65H64N4.CH3.Pt/c1-44-45(2)68(56-38-52(63(6,7)8)37-53(39-56)64(9,10)11)43-67(44)55-36-47(46-23-15-12-16-24-46)35-54(40-55)65(48-25-17-13-18-26-48,49-27-19-14-20-28-49)51-31-32-58-57-29-21-22-30-59(57)69(60(58)41-51)61-42-50(33-34-66-61)62(3,4)5;;/h12-39,42H,43H2,1-11H3;1H3;/q-2;-1;. The molecule has 7 aromatic carbocycles. The molecule has 5 heteroatoms. The quantitative estimate of drug-likeness (QED) is 0.112. The van der Waals surface area contributed by atoms with E-state index < -0.39 is 5.41 Å². The van der Waals surface area contributed by atoms with Gasteiger partial charge in [-0.1, -0.05) is 189 Å². The first-order valence-corrected chi connectivity index (χ1v) is 24.5. The predicted octanol–water partition coefficient (Wildman–Crippen LogP) is 16.7. The molecular weight excluding hydrogens is 1040 g/mol. The second kappa shape index (κ2) is 19.3. The van der Waals surface area contributed by atoms with Crippen molar-refractivity contribution in [2.45, 2.75) is 97.8 Å². The summed E-state index contributed by atoms with van der Waals surface area (Å²) in [4.78, 5) is 10.0. The Balaban J connectivity index is 0.00000338. The molecule has 1 aliphatic rings. The Morgan fingerprint density at radius 1 is 0.465 bits per heavy atom. The zero-order valence-corrected chi connectivity index (χ0v) is 45.8. The van der Waals surface area contributed by atoms with E-state index in [4.69, 9.17) is 4.98 Å². The number of benzene rings is 7. The third kappa shape index (κ3) is 9.21. The molecule has 0 spiro atoms. The van der Waals surface area contributed by atoms with Crippen molar-refractivity contribution >= 4 is 33.2 Å². The van der Waals surface area contributed by atoms with Crippen molar-refractivity contribution in [2.75, 3.05) is 16.5 Å². The average Bonchev–Trinajstić information content (AvgIpc) is 3.84. The third-order valence-electron chi connectivity index (χ3n) is 14.5. The van der Waals surface area contributed by atoms with Gasteiger partial charge < -0.3 is 21.8 Å². The van der Waals surface area contributed by atoms with Crippen LogP contribution in [0.2, 0.25) is 0 Å². The number of pyridine rings is 1. The molecule has 9 aromatic rings. The average molecular weight is 1110 g/mol. The van der Waals surface area contributed by atoms with E-state index in [-0.39, 0.29) is 44.7 Å². The van der Waals surface area contributed by atoms with Crippen LogP contribution in [0.1, 0.15) is 115 Å². The molecule has 2 aromatic heterocycles. The van der Waals surface area contributed by atoms with E-state index in [2.05, 4.69) is 273 Å². The molecular formula is C66H67N4Pt-3. The van der Waals surface area contributed by atoms with E-state index in [1.165, 1.54) is 39.2 Å². The smallest absolute Gasteiger partial charge is 0.135 e. The molecule has 364 valence electrons. The normalized spacial score (nSPS) is 13.5. The Bertz CT molecular complexity index is 3310.